The van der Waals surface area contributed by atoms with Gasteiger partial charge in [0.1, 0.15) is 6.61 Å². The third-order valence-corrected chi connectivity index (χ3v) is 2.59. The van der Waals surface area contributed by atoms with E-state index in [0.717, 1.165) is 0 Å². The van der Waals surface area contributed by atoms with Crippen LogP contribution in [0, 0.1) is 0 Å². The lowest BCUT2D eigenvalue weighted by Gasteiger charge is -2.20. The normalized spacial score (nSPS) is 11.5. The highest BCUT2D eigenvalue weighted by Crippen LogP contribution is 2.13. The minimum atomic E-state index is -3.24. The monoisotopic (exact) mass is 444 g/mol. The highest BCUT2D eigenvalue weighted by atomic mass is 19.3. The Bertz CT molecular complexity index is 561. The Labute approximate surface area is 171 Å². The van der Waals surface area contributed by atoms with E-state index < -0.39 is 49.8 Å². The third kappa shape index (κ3) is 15.9. The SMILES string of the molecule is CCOC(=O)NCNC(=O)OCC(OCC(C)(F)F)OC(=O)NCNC(=O)OCC. The van der Waals surface area contributed by atoms with E-state index in [1.54, 1.807) is 13.8 Å². The zero-order valence-electron chi connectivity index (χ0n) is 16.8. The fourth-order valence-corrected chi connectivity index (χ4v) is 1.45. The van der Waals surface area contributed by atoms with E-state index >= 15 is 0 Å². The molecule has 30 heavy (non-hydrogen) atoms. The van der Waals surface area contributed by atoms with Gasteiger partial charge in [0.2, 0.25) is 6.29 Å². The van der Waals surface area contributed by atoms with Crippen LogP contribution in [0.25, 0.3) is 0 Å². The van der Waals surface area contributed by atoms with Crippen LogP contribution in [-0.2, 0) is 23.7 Å². The Balaban J connectivity index is 4.41. The van der Waals surface area contributed by atoms with Crippen molar-refractivity contribution >= 4 is 24.4 Å². The number of alkyl carbamates (subject to hydrolysis) is 4. The molecular weight excluding hydrogens is 418 g/mol. The van der Waals surface area contributed by atoms with Gasteiger partial charge in [0.05, 0.1) is 26.6 Å². The van der Waals surface area contributed by atoms with E-state index in [1.807, 2.05) is 0 Å². The van der Waals surface area contributed by atoms with Crippen molar-refractivity contribution in [1.82, 2.24) is 21.3 Å². The molecule has 0 aromatic heterocycles. The van der Waals surface area contributed by atoms with Crippen LogP contribution in [0.1, 0.15) is 20.8 Å². The average molecular weight is 444 g/mol. The van der Waals surface area contributed by atoms with Crippen LogP contribution in [0.3, 0.4) is 0 Å². The van der Waals surface area contributed by atoms with Crippen LogP contribution in [0.15, 0.2) is 0 Å². The number of hydrogen-bond donors (Lipinski definition) is 4. The van der Waals surface area contributed by atoms with Crippen molar-refractivity contribution < 1.29 is 51.6 Å². The molecule has 0 saturated carbocycles. The predicted octanol–water partition coefficient (Wildman–Crippen LogP) is 0.844. The van der Waals surface area contributed by atoms with Gasteiger partial charge in [-0.1, -0.05) is 0 Å². The van der Waals surface area contributed by atoms with E-state index in [-0.39, 0.29) is 26.6 Å². The van der Waals surface area contributed by atoms with Crippen LogP contribution < -0.4 is 21.3 Å². The second-order valence-corrected chi connectivity index (χ2v) is 5.32. The molecule has 0 heterocycles. The zero-order chi connectivity index (χ0) is 23.0. The summed E-state index contributed by atoms with van der Waals surface area (Å²) < 4.78 is 49.2. The molecule has 0 aromatic rings. The first kappa shape index (κ1) is 26.9. The van der Waals surface area contributed by atoms with Crippen molar-refractivity contribution in [3.05, 3.63) is 0 Å². The lowest BCUT2D eigenvalue weighted by molar-refractivity contribution is -0.171. The lowest BCUT2D eigenvalue weighted by atomic mass is 10.4. The maximum Gasteiger partial charge on any atom is 0.410 e. The Morgan fingerprint density at radius 1 is 0.800 bits per heavy atom. The summed E-state index contributed by atoms with van der Waals surface area (Å²) in [4.78, 5) is 45.3. The Morgan fingerprint density at radius 2 is 1.23 bits per heavy atom. The van der Waals surface area contributed by atoms with Crippen LogP contribution in [-0.4, -0.2) is 76.4 Å². The molecule has 1 unspecified atom stereocenters. The molecule has 0 radical (unpaired) electrons. The Hall–Kier alpha value is -3.10. The van der Waals surface area contributed by atoms with E-state index in [4.69, 9.17) is 9.47 Å². The van der Waals surface area contributed by atoms with Crippen molar-refractivity contribution in [3.8, 4) is 0 Å². The first-order valence-corrected chi connectivity index (χ1v) is 8.73. The van der Waals surface area contributed by atoms with E-state index in [0.29, 0.717) is 6.92 Å². The standard InChI is InChI=1S/C15H26F2N4O9/c1-4-26-11(22)18-8-20-13(24)28-6-10(29-7-15(3,16)17)30-14(25)21-9-19-12(23)27-5-2/h10H,4-9H2,1-3H3,(H,18,22)(H,19,23)(H,20,24)(H,21,25). The number of alkyl halides is 2. The van der Waals surface area contributed by atoms with Gasteiger partial charge in [-0.2, -0.15) is 0 Å². The van der Waals surface area contributed by atoms with Crippen LogP contribution in [0.4, 0.5) is 28.0 Å². The van der Waals surface area contributed by atoms with Gasteiger partial charge < -0.3 is 45.0 Å². The Kier molecular flexibility index (Phi) is 13.3. The number of carbonyl (C=O) groups is 4. The molecule has 1 atom stereocenters. The minimum Gasteiger partial charge on any atom is -0.450 e. The summed E-state index contributed by atoms with van der Waals surface area (Å²) in [6.07, 6.45) is -5.46. The predicted molar refractivity (Wildman–Crippen MR) is 94.5 cm³/mol. The highest BCUT2D eigenvalue weighted by Gasteiger charge is 2.26. The third-order valence-electron chi connectivity index (χ3n) is 2.59. The largest absolute Gasteiger partial charge is 0.450 e. The maximum atomic E-state index is 13.0. The number of ether oxygens (including phenoxy) is 5. The molecule has 13 nitrogen and oxygen atoms in total. The number of amides is 4. The summed E-state index contributed by atoms with van der Waals surface area (Å²) >= 11 is 0. The summed E-state index contributed by atoms with van der Waals surface area (Å²) in [6, 6.07) is 0. The molecule has 0 rings (SSSR count). The highest BCUT2D eigenvalue weighted by molar-refractivity contribution is 5.71. The molecule has 0 fully saturated rings. The van der Waals surface area contributed by atoms with Gasteiger partial charge >= 0.3 is 24.4 Å². The second-order valence-electron chi connectivity index (χ2n) is 5.32. The van der Waals surface area contributed by atoms with Crippen LogP contribution >= 0.6 is 0 Å². The average Bonchev–Trinajstić information content (AvgIpc) is 2.63. The fraction of sp³-hybridized carbons (Fsp3) is 0.733. The topological polar surface area (TPSA) is 163 Å². The molecule has 15 heteroatoms. The number of hydrogen-bond acceptors (Lipinski definition) is 9. The second kappa shape index (κ2) is 14.8. The van der Waals surface area contributed by atoms with Gasteiger partial charge in [-0.05, 0) is 13.8 Å². The van der Waals surface area contributed by atoms with Gasteiger partial charge in [-0.25, -0.2) is 28.0 Å². The molecule has 0 aromatic carbocycles. The molecule has 0 bridgehead atoms. The fourth-order valence-electron chi connectivity index (χ4n) is 1.45. The number of carbonyl (C=O) groups excluding carboxylic acids is 4. The smallest absolute Gasteiger partial charge is 0.410 e. The van der Waals surface area contributed by atoms with Gasteiger partial charge in [-0.3, -0.25) is 0 Å². The molecule has 0 saturated heterocycles. The molecule has 0 aliphatic carbocycles. The first-order chi connectivity index (χ1) is 14.1. The molecule has 174 valence electrons. The molecule has 0 aliphatic heterocycles. The van der Waals surface area contributed by atoms with Crippen LogP contribution in [0.5, 0.6) is 0 Å². The van der Waals surface area contributed by atoms with Crippen molar-refractivity contribution in [2.24, 2.45) is 0 Å². The van der Waals surface area contributed by atoms with E-state index in [2.05, 4.69) is 35.5 Å². The van der Waals surface area contributed by atoms with Crippen molar-refractivity contribution in [3.63, 3.8) is 0 Å². The summed E-state index contributed by atoms with van der Waals surface area (Å²) in [6.45, 7) is 1.41. The van der Waals surface area contributed by atoms with E-state index in [9.17, 15) is 28.0 Å². The van der Waals surface area contributed by atoms with Crippen molar-refractivity contribution in [1.29, 1.82) is 0 Å². The summed E-state index contributed by atoms with van der Waals surface area (Å²) in [5.41, 5.74) is 0. The number of rotatable bonds is 12. The van der Waals surface area contributed by atoms with E-state index in [1.165, 1.54) is 0 Å². The summed E-state index contributed by atoms with van der Waals surface area (Å²) in [7, 11) is 0. The molecule has 0 spiro atoms. The molecular formula is C15H26F2N4O9. The molecule has 0 aliphatic rings. The van der Waals surface area contributed by atoms with Gasteiger partial charge in [0.15, 0.2) is 6.61 Å². The minimum absolute atomic E-state index is 0.117. The van der Waals surface area contributed by atoms with Gasteiger partial charge in [0.25, 0.3) is 5.92 Å². The van der Waals surface area contributed by atoms with Gasteiger partial charge in [-0.15, -0.1) is 0 Å². The van der Waals surface area contributed by atoms with Crippen LogP contribution in [0.2, 0.25) is 0 Å². The van der Waals surface area contributed by atoms with Crippen molar-refractivity contribution in [2.75, 3.05) is 39.8 Å². The van der Waals surface area contributed by atoms with Gasteiger partial charge in [0, 0.05) is 6.92 Å². The number of halogens is 2. The van der Waals surface area contributed by atoms with Crippen molar-refractivity contribution in [2.45, 2.75) is 33.0 Å². The summed E-state index contributed by atoms with van der Waals surface area (Å²) in [5, 5.41) is 8.54. The zero-order valence-corrected chi connectivity index (χ0v) is 16.8. The number of nitrogens with one attached hydrogen (secondary N) is 4. The maximum absolute atomic E-state index is 13.0. The lowest BCUT2D eigenvalue weighted by Crippen LogP contribution is -2.42. The first-order valence-electron chi connectivity index (χ1n) is 8.73. The molecule has 4 amide bonds. The molecule has 4 N–H and O–H groups in total. The quantitative estimate of drug-likeness (QED) is 0.252. The summed E-state index contributed by atoms with van der Waals surface area (Å²) in [5.74, 6) is -3.24. The Morgan fingerprint density at radius 3 is 1.67 bits per heavy atom.